The number of amides is 4. The number of carbonyl (C=O) groups is 4. The highest BCUT2D eigenvalue weighted by Gasteiger charge is 2.64. The van der Waals surface area contributed by atoms with E-state index in [9.17, 15) is 34.7 Å². The minimum atomic E-state index is -0.980. The molecule has 0 spiro atoms. The van der Waals surface area contributed by atoms with Crippen LogP contribution in [0.4, 0.5) is 5.82 Å². The third-order valence-electron chi connectivity index (χ3n) is 15.8. The predicted octanol–water partition coefficient (Wildman–Crippen LogP) is 5.83. The second-order valence-electron chi connectivity index (χ2n) is 23.1. The monoisotopic (exact) mass is 1060 g/mol. The quantitative estimate of drug-likeness (QED) is 0.0843. The lowest BCUT2D eigenvalue weighted by molar-refractivity contribution is -0.164. The minimum Gasteiger partial charge on any atom is -0.489 e. The molecule has 5 N–H and O–H groups in total. The van der Waals surface area contributed by atoms with Gasteiger partial charge in [0.1, 0.15) is 35.8 Å². The van der Waals surface area contributed by atoms with Crippen LogP contribution in [0.25, 0.3) is 10.4 Å². The van der Waals surface area contributed by atoms with Crippen LogP contribution in [0.2, 0.25) is 5.02 Å². The summed E-state index contributed by atoms with van der Waals surface area (Å²) >= 11 is 7.81. The van der Waals surface area contributed by atoms with E-state index in [1.807, 2.05) is 64.1 Å². The maximum Gasteiger partial charge on any atom is 0.253 e. The summed E-state index contributed by atoms with van der Waals surface area (Å²) in [5.41, 5.74) is 3.82. The van der Waals surface area contributed by atoms with Gasteiger partial charge in [-0.05, 0) is 73.0 Å². The fraction of sp³-hybridized carbons (Fsp3) is 0.554. The lowest BCUT2D eigenvalue weighted by Crippen LogP contribution is -2.74. The Balaban J connectivity index is 0.761. The molecule has 5 heterocycles. The number of halogens is 1. The van der Waals surface area contributed by atoms with E-state index in [-0.39, 0.29) is 60.9 Å². The Kier molecular flexibility index (Phi) is 16.9. The van der Waals surface area contributed by atoms with Crippen LogP contribution in [0.15, 0.2) is 66.3 Å². The highest BCUT2D eigenvalue weighted by atomic mass is 35.5. The highest BCUT2D eigenvalue weighted by Crippen LogP contribution is 2.55. The molecule has 2 aromatic heterocycles. The van der Waals surface area contributed by atoms with Gasteiger partial charge in [-0.2, -0.15) is 5.26 Å². The molecule has 3 saturated heterocycles. The number of aliphatic hydroxyl groups excluding tert-OH is 2. The summed E-state index contributed by atoms with van der Waals surface area (Å²) in [6.07, 6.45) is 2.66. The number of hydrogen-bond donors (Lipinski definition) is 5. The van der Waals surface area contributed by atoms with Gasteiger partial charge in [-0.25, -0.2) is 9.97 Å². The summed E-state index contributed by atoms with van der Waals surface area (Å²) in [7, 11) is 0. The number of nitrogens with zero attached hydrogens (tertiary/aromatic N) is 7. The first-order chi connectivity index (χ1) is 35.6. The highest BCUT2D eigenvalue weighted by molar-refractivity contribution is 7.13. The van der Waals surface area contributed by atoms with Crippen LogP contribution in [0.5, 0.6) is 5.75 Å². The number of nitriles is 1. The van der Waals surface area contributed by atoms with Crippen molar-refractivity contribution in [2.75, 3.05) is 70.4 Å². The van der Waals surface area contributed by atoms with Crippen molar-refractivity contribution in [3.8, 4) is 22.3 Å². The summed E-state index contributed by atoms with van der Waals surface area (Å²) in [6.45, 7) is 21.4. The molecule has 1 aliphatic carbocycles. The van der Waals surface area contributed by atoms with E-state index in [1.165, 1.54) is 16.2 Å². The van der Waals surface area contributed by atoms with E-state index < -0.39 is 41.5 Å². The first-order valence-electron chi connectivity index (χ1n) is 26.1. The fourth-order valence-electron chi connectivity index (χ4n) is 11.8. The summed E-state index contributed by atoms with van der Waals surface area (Å²) in [6, 6.07) is 15.6. The second-order valence-corrected chi connectivity index (χ2v) is 24.4. The van der Waals surface area contributed by atoms with Gasteiger partial charge < -0.3 is 45.6 Å². The van der Waals surface area contributed by atoms with Crippen LogP contribution in [-0.4, -0.2) is 154 Å². The molecule has 3 aliphatic heterocycles. The third-order valence-corrected chi connectivity index (χ3v) is 17.1. The van der Waals surface area contributed by atoms with Gasteiger partial charge in [-0.3, -0.25) is 24.1 Å². The number of aliphatic hydroxyl groups is 2. The molecule has 19 heteroatoms. The van der Waals surface area contributed by atoms with E-state index in [0.29, 0.717) is 46.5 Å². The molecule has 4 fully saturated rings. The largest absolute Gasteiger partial charge is 0.489 e. The Morgan fingerprint density at radius 1 is 0.947 bits per heavy atom. The number of ether oxygens (including phenoxy) is 1. The SMILES string of the molecule is Cc1ncsc1-c1ccc([C@H](CO)NC(=O)[C@@H]2C[C@@H](O)CN2C(=O)[C@@H](NC(=O)CN2CCN(CCC3CCN(c4ccc(C(=O)NC5C(C)(C)C(Oc6ccc(C#N)c(Cl)c6)C5(C)C)cn4)C3)CC2)C(C)(C)C)cc1. The van der Waals surface area contributed by atoms with Gasteiger partial charge in [0.2, 0.25) is 17.7 Å². The van der Waals surface area contributed by atoms with Gasteiger partial charge in [0.25, 0.3) is 5.91 Å². The average Bonchev–Trinajstić information content (AvgIpc) is 4.18. The second kappa shape index (κ2) is 22.9. The van der Waals surface area contributed by atoms with Gasteiger partial charge in [0, 0.05) is 81.4 Å². The lowest BCUT2D eigenvalue weighted by atomic mass is 9.49. The van der Waals surface area contributed by atoms with E-state index in [4.69, 9.17) is 21.3 Å². The molecule has 5 atom stereocenters. The van der Waals surface area contributed by atoms with Gasteiger partial charge in [0.15, 0.2) is 0 Å². The van der Waals surface area contributed by atoms with Crippen LogP contribution in [0.1, 0.15) is 101 Å². The van der Waals surface area contributed by atoms with Gasteiger partial charge >= 0.3 is 0 Å². The van der Waals surface area contributed by atoms with E-state index >= 15 is 0 Å². The van der Waals surface area contributed by atoms with Crippen LogP contribution < -0.4 is 25.6 Å². The van der Waals surface area contributed by atoms with Crippen molar-refractivity contribution in [2.45, 2.75) is 111 Å². The number of nitrogens with one attached hydrogen (secondary N) is 3. The Labute approximate surface area is 450 Å². The first-order valence-corrected chi connectivity index (χ1v) is 27.4. The predicted molar refractivity (Wildman–Crippen MR) is 289 cm³/mol. The molecule has 4 aliphatic rings. The molecule has 17 nitrogen and oxygen atoms in total. The molecule has 4 aromatic rings. The Morgan fingerprint density at radius 2 is 1.65 bits per heavy atom. The standard InChI is InChI=1S/C56H73ClN10O7S/c1-34-47(75-33-60-34)37-11-9-36(10-12-37)43(32-68)61-50(72)44-25-40(69)30-67(44)51(73)48(54(2,3)4)62-46(70)31-65-23-21-64(22-24-65)19-17-35-18-20-66(29-35)45-16-14-39(28-59-45)49(71)63-52-55(5,6)53(56(52,7)8)74-41-15-13-38(27-58)42(57)26-41/h9-16,26,28,33,35,40,43-44,48,52-53,68-69H,17-25,29-32H2,1-8H3,(H,61,72)(H,62,70)(H,63,71)/t35?,40-,43+,44+,48-,52?,53?/m1/s1. The van der Waals surface area contributed by atoms with E-state index in [1.54, 1.807) is 29.9 Å². The van der Waals surface area contributed by atoms with Crippen LogP contribution in [-0.2, 0) is 14.4 Å². The number of β-amino-alcohol motifs (C(OH)–C–C–N with tert-alkyl or cyclic N) is 1. The van der Waals surface area contributed by atoms with Crippen molar-refractivity contribution in [1.82, 2.24) is 40.6 Å². The third kappa shape index (κ3) is 12.5. The van der Waals surface area contributed by atoms with Gasteiger partial charge in [-0.1, -0.05) is 84.3 Å². The summed E-state index contributed by atoms with van der Waals surface area (Å²) in [4.78, 5) is 73.6. The number of aryl methyl sites for hydroxylation is 1. The summed E-state index contributed by atoms with van der Waals surface area (Å²) in [5.74, 6) is 0.556. The molecule has 0 radical (unpaired) electrons. The van der Waals surface area contributed by atoms with Crippen molar-refractivity contribution in [2.24, 2.45) is 22.2 Å². The molecule has 402 valence electrons. The number of piperazine rings is 1. The number of aromatic nitrogens is 2. The molecule has 0 bridgehead atoms. The first kappa shape index (κ1) is 55.5. The summed E-state index contributed by atoms with van der Waals surface area (Å²) in [5, 5.41) is 39.8. The lowest BCUT2D eigenvalue weighted by Gasteiger charge is -2.63. The smallest absolute Gasteiger partial charge is 0.253 e. The topological polar surface area (TPSA) is 217 Å². The number of benzene rings is 2. The Bertz CT molecular complexity index is 2720. The van der Waals surface area contributed by atoms with Crippen molar-refractivity contribution < 1.29 is 34.1 Å². The average molecular weight is 1070 g/mol. The zero-order valence-electron chi connectivity index (χ0n) is 44.4. The number of anilines is 1. The van der Waals surface area contributed by atoms with Crippen LogP contribution in [0.3, 0.4) is 0 Å². The van der Waals surface area contributed by atoms with Crippen molar-refractivity contribution in [1.29, 1.82) is 5.26 Å². The summed E-state index contributed by atoms with van der Waals surface area (Å²) < 4.78 is 6.39. The number of carbonyl (C=O) groups excluding carboxylic acids is 4. The van der Waals surface area contributed by atoms with Crippen LogP contribution in [0, 0.1) is 40.4 Å². The Morgan fingerprint density at radius 3 is 2.27 bits per heavy atom. The number of rotatable bonds is 17. The van der Waals surface area contributed by atoms with E-state index in [0.717, 1.165) is 67.5 Å². The molecule has 75 heavy (non-hydrogen) atoms. The van der Waals surface area contributed by atoms with E-state index in [2.05, 4.69) is 69.4 Å². The zero-order chi connectivity index (χ0) is 54.0. The number of pyridine rings is 1. The molecule has 1 saturated carbocycles. The molecular formula is C56H73ClN10O7S. The fourth-order valence-corrected chi connectivity index (χ4v) is 12.8. The Hall–Kier alpha value is -5.68. The van der Waals surface area contributed by atoms with Crippen molar-refractivity contribution in [3.63, 3.8) is 0 Å². The number of thiazole rings is 1. The van der Waals surface area contributed by atoms with Gasteiger partial charge in [0.05, 0.1) is 57.5 Å². The molecular weight excluding hydrogens is 992 g/mol. The normalized spacial score (nSPS) is 23.4. The zero-order valence-corrected chi connectivity index (χ0v) is 46.0. The van der Waals surface area contributed by atoms with Crippen molar-refractivity contribution in [3.05, 3.63) is 93.7 Å². The number of hydrogen-bond acceptors (Lipinski definition) is 14. The van der Waals surface area contributed by atoms with Gasteiger partial charge in [-0.15, -0.1) is 11.3 Å². The maximum absolute atomic E-state index is 14.3. The van der Waals surface area contributed by atoms with Crippen LogP contribution >= 0.6 is 22.9 Å². The molecule has 4 amide bonds. The molecule has 2 aromatic carbocycles. The molecule has 1 unspecified atom stereocenters. The number of likely N-dealkylation sites (tertiary alicyclic amines) is 1. The van der Waals surface area contributed by atoms with Crippen molar-refractivity contribution >= 4 is 52.4 Å². The molecule has 8 rings (SSSR count). The maximum atomic E-state index is 14.3. The minimum absolute atomic E-state index is 0.0407.